The molecule has 0 spiro atoms. The van der Waals surface area contributed by atoms with Crippen LogP contribution in [0.4, 0.5) is 0 Å². The summed E-state index contributed by atoms with van der Waals surface area (Å²) in [5.41, 5.74) is 3.20. The fraction of sp³-hybridized carbons (Fsp3) is 0.200. The SMILES string of the molecule is Cc1cc(C(=O)NC2CCOc3c(Cl)cccc32)c2ccccc2n1. The molecule has 1 N–H and O–H groups in total. The van der Waals surface area contributed by atoms with Crippen molar-refractivity contribution in [3.05, 3.63) is 70.4 Å². The fourth-order valence-corrected chi connectivity index (χ4v) is 3.50. The number of fused-ring (bicyclic) bond motifs is 2. The Hall–Kier alpha value is -2.59. The Labute approximate surface area is 150 Å². The molecule has 1 unspecified atom stereocenters. The monoisotopic (exact) mass is 352 g/mol. The average molecular weight is 353 g/mol. The standard InChI is InChI=1S/C20H17ClN2O2/c1-12-11-15(13-5-2-3-8-17(13)22-12)20(24)23-18-9-10-25-19-14(18)6-4-7-16(19)21/h2-8,11,18H,9-10H2,1H3,(H,23,24). The lowest BCUT2D eigenvalue weighted by atomic mass is 9.99. The van der Waals surface area contributed by atoms with Gasteiger partial charge in [-0.3, -0.25) is 9.78 Å². The number of ether oxygens (including phenoxy) is 1. The minimum absolute atomic E-state index is 0.112. The molecule has 0 saturated heterocycles. The number of nitrogens with zero attached hydrogens (tertiary/aromatic N) is 1. The lowest BCUT2D eigenvalue weighted by Gasteiger charge is -2.27. The molecular formula is C20H17ClN2O2. The number of carbonyl (C=O) groups is 1. The fourth-order valence-electron chi connectivity index (χ4n) is 3.27. The second-order valence-electron chi connectivity index (χ2n) is 6.15. The molecule has 2 heterocycles. The Morgan fingerprint density at radius 2 is 2.08 bits per heavy atom. The summed E-state index contributed by atoms with van der Waals surface area (Å²) in [5, 5.41) is 4.55. The number of hydrogen-bond donors (Lipinski definition) is 1. The van der Waals surface area contributed by atoms with Gasteiger partial charge in [0.15, 0.2) is 0 Å². The van der Waals surface area contributed by atoms with Gasteiger partial charge < -0.3 is 10.1 Å². The van der Waals surface area contributed by atoms with E-state index in [2.05, 4.69) is 10.3 Å². The van der Waals surface area contributed by atoms with E-state index in [-0.39, 0.29) is 11.9 Å². The molecule has 5 heteroatoms. The third-order valence-electron chi connectivity index (χ3n) is 4.42. The van der Waals surface area contributed by atoms with Crippen molar-refractivity contribution in [1.29, 1.82) is 0 Å². The van der Waals surface area contributed by atoms with Crippen LogP contribution in [-0.4, -0.2) is 17.5 Å². The number of rotatable bonds is 2. The van der Waals surface area contributed by atoms with Crippen molar-refractivity contribution in [1.82, 2.24) is 10.3 Å². The van der Waals surface area contributed by atoms with Gasteiger partial charge in [-0.25, -0.2) is 0 Å². The van der Waals surface area contributed by atoms with Crippen LogP contribution in [0.1, 0.15) is 34.1 Å². The molecular weight excluding hydrogens is 336 g/mol. The van der Waals surface area contributed by atoms with E-state index in [0.717, 1.165) is 22.2 Å². The van der Waals surface area contributed by atoms with E-state index in [1.807, 2.05) is 49.4 Å². The van der Waals surface area contributed by atoms with Crippen molar-refractivity contribution in [3.8, 4) is 5.75 Å². The highest BCUT2D eigenvalue weighted by Gasteiger charge is 2.25. The second kappa shape index (κ2) is 6.37. The van der Waals surface area contributed by atoms with Crippen LogP contribution in [0.2, 0.25) is 5.02 Å². The number of nitrogens with one attached hydrogen (secondary N) is 1. The van der Waals surface area contributed by atoms with Gasteiger partial charge in [-0.15, -0.1) is 0 Å². The number of pyridine rings is 1. The van der Waals surface area contributed by atoms with E-state index in [4.69, 9.17) is 16.3 Å². The first-order chi connectivity index (χ1) is 12.1. The Kier molecular flexibility index (Phi) is 4.06. The molecule has 0 aliphatic carbocycles. The van der Waals surface area contributed by atoms with Crippen LogP contribution in [0.5, 0.6) is 5.75 Å². The summed E-state index contributed by atoms with van der Waals surface area (Å²) in [7, 11) is 0. The number of hydrogen-bond acceptors (Lipinski definition) is 3. The van der Waals surface area contributed by atoms with Crippen LogP contribution < -0.4 is 10.1 Å². The molecule has 3 aromatic rings. The molecule has 4 nitrogen and oxygen atoms in total. The number of para-hydroxylation sites is 2. The molecule has 2 aromatic carbocycles. The van der Waals surface area contributed by atoms with Crippen molar-refractivity contribution >= 4 is 28.4 Å². The van der Waals surface area contributed by atoms with E-state index >= 15 is 0 Å². The van der Waals surface area contributed by atoms with Gasteiger partial charge in [0.05, 0.1) is 28.8 Å². The Morgan fingerprint density at radius 3 is 2.96 bits per heavy atom. The largest absolute Gasteiger partial charge is 0.492 e. The molecule has 1 amide bonds. The normalized spacial score (nSPS) is 16.2. The quantitative estimate of drug-likeness (QED) is 0.741. The average Bonchev–Trinajstić information content (AvgIpc) is 2.62. The molecule has 0 radical (unpaired) electrons. The zero-order valence-corrected chi connectivity index (χ0v) is 14.5. The maximum Gasteiger partial charge on any atom is 0.252 e. The van der Waals surface area contributed by atoms with Gasteiger partial charge in [-0.05, 0) is 25.1 Å². The molecule has 1 atom stereocenters. The van der Waals surface area contributed by atoms with Gasteiger partial charge in [0, 0.05) is 23.1 Å². The predicted molar refractivity (Wildman–Crippen MR) is 98.3 cm³/mol. The highest BCUT2D eigenvalue weighted by atomic mass is 35.5. The number of aryl methyl sites for hydroxylation is 1. The van der Waals surface area contributed by atoms with Gasteiger partial charge in [0.25, 0.3) is 5.91 Å². The number of aromatic nitrogens is 1. The summed E-state index contributed by atoms with van der Waals surface area (Å²) in [6.45, 7) is 2.42. The van der Waals surface area contributed by atoms with Crippen LogP contribution in [0, 0.1) is 6.92 Å². The first-order valence-corrected chi connectivity index (χ1v) is 8.60. The third kappa shape index (κ3) is 2.94. The zero-order valence-electron chi connectivity index (χ0n) is 13.8. The van der Waals surface area contributed by atoms with Crippen molar-refractivity contribution < 1.29 is 9.53 Å². The smallest absolute Gasteiger partial charge is 0.252 e. The topological polar surface area (TPSA) is 51.2 Å². The Morgan fingerprint density at radius 1 is 1.24 bits per heavy atom. The Balaban J connectivity index is 1.70. The number of halogens is 1. The van der Waals surface area contributed by atoms with Crippen LogP contribution >= 0.6 is 11.6 Å². The summed E-state index contributed by atoms with van der Waals surface area (Å²) in [6.07, 6.45) is 0.709. The van der Waals surface area contributed by atoms with E-state index in [9.17, 15) is 4.79 Å². The van der Waals surface area contributed by atoms with Gasteiger partial charge in [0.1, 0.15) is 5.75 Å². The third-order valence-corrected chi connectivity index (χ3v) is 4.72. The maximum absolute atomic E-state index is 13.0. The molecule has 0 saturated carbocycles. The second-order valence-corrected chi connectivity index (χ2v) is 6.56. The zero-order chi connectivity index (χ0) is 17.4. The number of amides is 1. The molecule has 1 aliphatic rings. The summed E-state index contributed by atoms with van der Waals surface area (Å²) >= 11 is 6.21. The highest BCUT2D eigenvalue weighted by molar-refractivity contribution is 6.32. The van der Waals surface area contributed by atoms with Crippen LogP contribution in [0.3, 0.4) is 0 Å². The summed E-state index contributed by atoms with van der Waals surface area (Å²) < 4.78 is 5.67. The molecule has 4 rings (SSSR count). The molecule has 1 aromatic heterocycles. The molecule has 126 valence electrons. The predicted octanol–water partition coefficient (Wildman–Crippen LogP) is 4.45. The Bertz CT molecular complexity index is 971. The van der Waals surface area contributed by atoms with Crippen LogP contribution in [0.15, 0.2) is 48.5 Å². The molecule has 0 fully saturated rings. The number of carbonyl (C=O) groups excluding carboxylic acids is 1. The first-order valence-electron chi connectivity index (χ1n) is 8.22. The van der Waals surface area contributed by atoms with Gasteiger partial charge >= 0.3 is 0 Å². The lowest BCUT2D eigenvalue weighted by molar-refractivity contribution is 0.0926. The summed E-state index contributed by atoms with van der Waals surface area (Å²) in [5.74, 6) is 0.552. The van der Waals surface area contributed by atoms with E-state index in [1.165, 1.54) is 0 Å². The maximum atomic E-state index is 13.0. The summed E-state index contributed by atoms with van der Waals surface area (Å²) in [4.78, 5) is 17.5. The summed E-state index contributed by atoms with van der Waals surface area (Å²) in [6, 6.07) is 15.0. The number of benzene rings is 2. The molecule has 25 heavy (non-hydrogen) atoms. The van der Waals surface area contributed by atoms with Crippen LogP contribution in [0.25, 0.3) is 10.9 Å². The van der Waals surface area contributed by atoms with Gasteiger partial charge in [-0.1, -0.05) is 41.9 Å². The van der Waals surface area contributed by atoms with Crippen LogP contribution in [-0.2, 0) is 0 Å². The van der Waals surface area contributed by atoms with Crippen molar-refractivity contribution in [2.24, 2.45) is 0 Å². The van der Waals surface area contributed by atoms with Crippen molar-refractivity contribution in [2.45, 2.75) is 19.4 Å². The van der Waals surface area contributed by atoms with Crippen molar-refractivity contribution in [2.75, 3.05) is 6.61 Å². The van der Waals surface area contributed by atoms with E-state index in [0.29, 0.717) is 29.4 Å². The minimum Gasteiger partial charge on any atom is -0.492 e. The van der Waals surface area contributed by atoms with Crippen molar-refractivity contribution in [3.63, 3.8) is 0 Å². The van der Waals surface area contributed by atoms with Gasteiger partial charge in [0.2, 0.25) is 0 Å². The first kappa shape index (κ1) is 15.9. The van der Waals surface area contributed by atoms with E-state index in [1.54, 1.807) is 6.07 Å². The van der Waals surface area contributed by atoms with E-state index < -0.39 is 0 Å². The van der Waals surface area contributed by atoms with Gasteiger partial charge in [-0.2, -0.15) is 0 Å². The lowest BCUT2D eigenvalue weighted by Crippen LogP contribution is -2.32. The highest BCUT2D eigenvalue weighted by Crippen LogP contribution is 2.37. The molecule has 1 aliphatic heterocycles. The molecule has 0 bridgehead atoms. The minimum atomic E-state index is -0.123.